The minimum Gasteiger partial charge on any atom is -0.491 e. The van der Waals surface area contributed by atoms with Crippen molar-refractivity contribution in [2.45, 2.75) is 26.9 Å². The predicted octanol–water partition coefficient (Wildman–Crippen LogP) is 1.71. The second kappa shape index (κ2) is 9.07. The second-order valence-electron chi connectivity index (χ2n) is 6.12. The van der Waals surface area contributed by atoms with E-state index in [9.17, 15) is 14.4 Å². The van der Waals surface area contributed by atoms with Crippen LogP contribution < -0.4 is 10.1 Å². The fraction of sp³-hybridized carbons (Fsp3) is 0.500. The Morgan fingerprint density at radius 3 is 2.15 bits per heavy atom. The zero-order valence-corrected chi connectivity index (χ0v) is 15.4. The van der Waals surface area contributed by atoms with Gasteiger partial charge in [0.1, 0.15) is 5.75 Å². The van der Waals surface area contributed by atoms with E-state index in [0.717, 1.165) is 0 Å². The number of nitrogens with one attached hydrogen (secondary N) is 1. The number of hydrogen-bond donors (Lipinski definition) is 1. The van der Waals surface area contributed by atoms with E-state index in [1.54, 1.807) is 31.2 Å². The minimum atomic E-state index is -0.702. The molecule has 1 saturated heterocycles. The van der Waals surface area contributed by atoms with Gasteiger partial charge in [-0.15, -0.1) is 0 Å². The number of nitrogens with zero attached hydrogens (tertiary/aromatic N) is 2. The summed E-state index contributed by atoms with van der Waals surface area (Å²) < 4.78 is 10.5. The van der Waals surface area contributed by atoms with Gasteiger partial charge in [0.2, 0.25) is 0 Å². The number of carbonyl (C=O) groups is 3. The molecule has 1 heterocycles. The van der Waals surface area contributed by atoms with Crippen molar-refractivity contribution in [3.8, 4) is 5.75 Å². The average molecular weight is 363 g/mol. The van der Waals surface area contributed by atoms with Crippen LogP contribution in [0.5, 0.6) is 5.75 Å². The van der Waals surface area contributed by atoms with Crippen molar-refractivity contribution in [2.75, 3.05) is 38.1 Å². The van der Waals surface area contributed by atoms with Crippen LogP contribution in [0.1, 0.15) is 20.8 Å². The first kappa shape index (κ1) is 19.6. The lowest BCUT2D eigenvalue weighted by atomic mass is 10.2. The molecule has 0 aliphatic carbocycles. The summed E-state index contributed by atoms with van der Waals surface area (Å²) in [5.41, 5.74) is 0.518. The van der Waals surface area contributed by atoms with Crippen LogP contribution >= 0.6 is 0 Å². The number of piperazine rings is 1. The van der Waals surface area contributed by atoms with Crippen molar-refractivity contribution in [2.24, 2.45) is 0 Å². The third kappa shape index (κ3) is 5.37. The molecule has 8 nitrogen and oxygen atoms in total. The number of rotatable bonds is 4. The van der Waals surface area contributed by atoms with E-state index >= 15 is 0 Å². The number of carbonyl (C=O) groups excluding carboxylic acids is 3. The van der Waals surface area contributed by atoms with E-state index in [0.29, 0.717) is 44.2 Å². The zero-order chi connectivity index (χ0) is 19.1. The van der Waals surface area contributed by atoms with Crippen molar-refractivity contribution in [1.82, 2.24) is 9.80 Å². The quantitative estimate of drug-likeness (QED) is 0.823. The fourth-order valence-corrected chi connectivity index (χ4v) is 2.52. The highest BCUT2D eigenvalue weighted by Crippen LogP contribution is 2.17. The number of anilines is 1. The summed E-state index contributed by atoms with van der Waals surface area (Å²) in [5.74, 6) is -0.623. The Hall–Kier alpha value is -2.77. The molecule has 1 aliphatic heterocycles. The third-order valence-electron chi connectivity index (χ3n) is 3.77. The van der Waals surface area contributed by atoms with Gasteiger partial charge in [0.25, 0.3) is 0 Å². The van der Waals surface area contributed by atoms with Crippen molar-refractivity contribution in [3.05, 3.63) is 24.3 Å². The van der Waals surface area contributed by atoms with Crippen LogP contribution in [0.15, 0.2) is 24.3 Å². The maximum Gasteiger partial charge on any atom is 0.409 e. The molecule has 0 unspecified atom stereocenters. The van der Waals surface area contributed by atoms with Crippen molar-refractivity contribution in [3.63, 3.8) is 0 Å². The highest BCUT2D eigenvalue weighted by molar-refractivity contribution is 6.39. The maximum atomic E-state index is 12.3. The molecule has 8 heteroatoms. The lowest BCUT2D eigenvalue weighted by Gasteiger charge is -2.33. The van der Waals surface area contributed by atoms with Gasteiger partial charge >= 0.3 is 17.9 Å². The van der Waals surface area contributed by atoms with Gasteiger partial charge in [0.05, 0.1) is 12.7 Å². The van der Waals surface area contributed by atoms with Crippen LogP contribution in [0.25, 0.3) is 0 Å². The van der Waals surface area contributed by atoms with E-state index < -0.39 is 17.9 Å². The van der Waals surface area contributed by atoms with Crippen molar-refractivity contribution >= 4 is 23.6 Å². The Balaban J connectivity index is 1.84. The minimum absolute atomic E-state index is 0.0605. The molecule has 0 saturated carbocycles. The van der Waals surface area contributed by atoms with Crippen LogP contribution in [0.3, 0.4) is 0 Å². The Labute approximate surface area is 153 Å². The molecule has 142 valence electrons. The number of hydrogen-bond acceptors (Lipinski definition) is 5. The first-order chi connectivity index (χ1) is 12.4. The Bertz CT molecular complexity index is 637. The zero-order valence-electron chi connectivity index (χ0n) is 15.4. The number of amides is 3. The highest BCUT2D eigenvalue weighted by Gasteiger charge is 2.28. The van der Waals surface area contributed by atoms with E-state index in [2.05, 4.69) is 5.32 Å². The molecule has 1 aromatic carbocycles. The van der Waals surface area contributed by atoms with Gasteiger partial charge in [-0.2, -0.15) is 0 Å². The molecule has 3 amide bonds. The Morgan fingerprint density at radius 2 is 1.62 bits per heavy atom. The van der Waals surface area contributed by atoms with E-state index in [-0.39, 0.29) is 6.10 Å². The molecule has 1 N–H and O–H groups in total. The Morgan fingerprint density at radius 1 is 1.04 bits per heavy atom. The van der Waals surface area contributed by atoms with E-state index in [4.69, 9.17) is 9.47 Å². The van der Waals surface area contributed by atoms with Gasteiger partial charge in [0, 0.05) is 31.9 Å². The monoisotopic (exact) mass is 363 g/mol. The highest BCUT2D eigenvalue weighted by atomic mass is 16.6. The van der Waals surface area contributed by atoms with E-state index in [1.807, 2.05) is 13.8 Å². The van der Waals surface area contributed by atoms with Gasteiger partial charge in [0.15, 0.2) is 0 Å². The van der Waals surface area contributed by atoms with Crippen LogP contribution in [0, 0.1) is 0 Å². The molecule has 0 atom stereocenters. The molecule has 0 bridgehead atoms. The van der Waals surface area contributed by atoms with Crippen LogP contribution in [-0.4, -0.2) is 66.6 Å². The smallest absolute Gasteiger partial charge is 0.409 e. The maximum absolute atomic E-state index is 12.3. The molecule has 0 radical (unpaired) electrons. The van der Waals surface area contributed by atoms with Gasteiger partial charge in [-0.1, -0.05) is 0 Å². The molecule has 0 spiro atoms. The fourth-order valence-electron chi connectivity index (χ4n) is 2.52. The lowest BCUT2D eigenvalue weighted by molar-refractivity contribution is -0.144. The first-order valence-corrected chi connectivity index (χ1v) is 8.69. The van der Waals surface area contributed by atoms with Crippen molar-refractivity contribution < 1.29 is 23.9 Å². The van der Waals surface area contributed by atoms with Gasteiger partial charge in [-0.3, -0.25) is 9.59 Å². The van der Waals surface area contributed by atoms with E-state index in [1.165, 1.54) is 9.80 Å². The van der Waals surface area contributed by atoms with Crippen LogP contribution in [0.4, 0.5) is 10.5 Å². The second-order valence-corrected chi connectivity index (χ2v) is 6.12. The van der Waals surface area contributed by atoms with Gasteiger partial charge < -0.3 is 24.6 Å². The molecular weight excluding hydrogens is 338 g/mol. The summed E-state index contributed by atoms with van der Waals surface area (Å²) in [6, 6.07) is 6.83. The molecule has 26 heavy (non-hydrogen) atoms. The lowest BCUT2D eigenvalue weighted by Crippen LogP contribution is -2.53. The van der Waals surface area contributed by atoms with Crippen molar-refractivity contribution in [1.29, 1.82) is 0 Å². The SMILES string of the molecule is CCOC(=O)N1CCN(C(=O)C(=O)Nc2ccc(OC(C)C)cc2)CC1. The molecule has 2 rings (SSSR count). The topological polar surface area (TPSA) is 88.2 Å². The molecule has 1 aliphatic rings. The average Bonchev–Trinajstić information content (AvgIpc) is 2.62. The van der Waals surface area contributed by atoms with Gasteiger partial charge in [-0.25, -0.2) is 4.79 Å². The summed E-state index contributed by atoms with van der Waals surface area (Å²) >= 11 is 0. The molecular formula is C18H25N3O5. The number of benzene rings is 1. The largest absolute Gasteiger partial charge is 0.491 e. The summed E-state index contributed by atoms with van der Waals surface area (Å²) in [5, 5.41) is 2.58. The third-order valence-corrected chi connectivity index (χ3v) is 3.77. The molecule has 0 aromatic heterocycles. The van der Waals surface area contributed by atoms with Crippen LogP contribution in [0.2, 0.25) is 0 Å². The summed E-state index contributed by atoms with van der Waals surface area (Å²) in [6.07, 6.45) is -0.335. The summed E-state index contributed by atoms with van der Waals surface area (Å²) in [4.78, 5) is 39.0. The molecule has 1 fully saturated rings. The van der Waals surface area contributed by atoms with Gasteiger partial charge in [-0.05, 0) is 45.0 Å². The van der Waals surface area contributed by atoms with Crippen LogP contribution in [-0.2, 0) is 14.3 Å². The summed E-state index contributed by atoms with van der Waals surface area (Å²) in [7, 11) is 0. The Kier molecular flexibility index (Phi) is 6.82. The standard InChI is InChI=1S/C18H25N3O5/c1-4-25-18(24)21-11-9-20(10-12-21)17(23)16(22)19-14-5-7-15(8-6-14)26-13(2)3/h5-8,13H,4,9-12H2,1-3H3,(H,19,22). The first-order valence-electron chi connectivity index (χ1n) is 8.69. The number of ether oxygens (including phenoxy) is 2. The molecule has 1 aromatic rings. The normalized spacial score (nSPS) is 14.2. The predicted molar refractivity (Wildman–Crippen MR) is 96.0 cm³/mol. The summed E-state index contributed by atoms with van der Waals surface area (Å²) in [6.45, 7) is 7.19.